The van der Waals surface area contributed by atoms with E-state index in [9.17, 15) is 14.0 Å². The summed E-state index contributed by atoms with van der Waals surface area (Å²) in [5, 5.41) is 0.723. The Morgan fingerprint density at radius 1 is 0.788 bits per heavy atom. The van der Waals surface area contributed by atoms with E-state index >= 15 is 0 Å². The van der Waals surface area contributed by atoms with E-state index in [4.69, 9.17) is 18.6 Å². The molecule has 0 spiro atoms. The minimum absolute atomic E-state index is 0.153. The summed E-state index contributed by atoms with van der Waals surface area (Å²) in [5.41, 5.74) is 1.06. The third-order valence-electron chi connectivity index (χ3n) is 5.33. The van der Waals surface area contributed by atoms with Crippen LogP contribution in [0.25, 0.3) is 21.9 Å². The van der Waals surface area contributed by atoms with Crippen molar-refractivity contribution in [3.63, 3.8) is 0 Å². The minimum atomic E-state index is -0.688. The summed E-state index contributed by atoms with van der Waals surface area (Å²) < 4.78 is 35.3. The minimum Gasteiger partial charge on any atom is -0.493 e. The first-order chi connectivity index (χ1) is 15.8. The average molecular weight is 448 g/mol. The van der Waals surface area contributed by atoms with Crippen LogP contribution >= 0.6 is 0 Å². The normalized spacial score (nSPS) is 10.8. The molecule has 0 amide bonds. The largest absolute Gasteiger partial charge is 0.493 e. The van der Waals surface area contributed by atoms with Crippen LogP contribution in [0.4, 0.5) is 4.39 Å². The molecule has 0 fully saturated rings. The molecule has 168 valence electrons. The zero-order valence-corrected chi connectivity index (χ0v) is 18.5. The highest BCUT2D eigenvalue weighted by molar-refractivity contribution is 5.97. The lowest BCUT2D eigenvalue weighted by molar-refractivity contribution is 0.0737. The molecule has 6 nitrogen and oxygen atoms in total. The summed E-state index contributed by atoms with van der Waals surface area (Å²) in [5.74, 6) is 0.883. The fourth-order valence-electron chi connectivity index (χ4n) is 3.75. The molecule has 0 unspecified atom stereocenters. The van der Waals surface area contributed by atoms with E-state index in [1.165, 1.54) is 44.6 Å². The van der Waals surface area contributed by atoms with Gasteiger partial charge in [-0.05, 0) is 73.5 Å². The van der Waals surface area contributed by atoms with Crippen LogP contribution in [0.5, 0.6) is 17.2 Å². The van der Waals surface area contributed by atoms with Crippen molar-refractivity contribution >= 4 is 16.7 Å². The molecule has 0 aliphatic carbocycles. The first-order valence-electron chi connectivity index (χ1n) is 10.1. The first kappa shape index (κ1) is 22.1. The van der Waals surface area contributed by atoms with E-state index in [1.54, 1.807) is 38.1 Å². The second-order valence-electron chi connectivity index (χ2n) is 7.40. The molecular formula is C26H21FO6. The van der Waals surface area contributed by atoms with Crippen molar-refractivity contribution in [1.29, 1.82) is 0 Å². The van der Waals surface area contributed by atoms with E-state index < -0.39 is 11.8 Å². The molecule has 0 aliphatic heterocycles. The van der Waals surface area contributed by atoms with Gasteiger partial charge in [0.05, 0.1) is 30.6 Å². The molecule has 1 aromatic heterocycles. The van der Waals surface area contributed by atoms with E-state index in [0.29, 0.717) is 44.9 Å². The molecule has 7 heteroatoms. The first-order valence-corrected chi connectivity index (χ1v) is 10.1. The SMILES string of the molecule is COc1ccc(-c2cc(OC(=O)c3ccc(F)cc3)c3c(C)oc(C)c3c(=O)c2)cc1OC. The number of hydrogen-bond acceptors (Lipinski definition) is 6. The molecule has 0 atom stereocenters. The number of furan rings is 1. The van der Waals surface area contributed by atoms with Gasteiger partial charge in [0.1, 0.15) is 23.1 Å². The molecule has 4 rings (SSSR count). The van der Waals surface area contributed by atoms with Crippen molar-refractivity contribution in [1.82, 2.24) is 0 Å². The molecule has 0 N–H and O–H groups in total. The lowest BCUT2D eigenvalue weighted by Crippen LogP contribution is -2.08. The Morgan fingerprint density at radius 3 is 2.09 bits per heavy atom. The smallest absolute Gasteiger partial charge is 0.343 e. The molecular weight excluding hydrogens is 427 g/mol. The Labute approximate surface area is 189 Å². The van der Waals surface area contributed by atoms with Gasteiger partial charge in [-0.3, -0.25) is 4.79 Å². The number of methoxy groups -OCH3 is 2. The van der Waals surface area contributed by atoms with Crippen molar-refractivity contribution in [2.24, 2.45) is 0 Å². The van der Waals surface area contributed by atoms with Crippen LogP contribution in [0.2, 0.25) is 0 Å². The maximum atomic E-state index is 13.3. The number of carbonyl (C=O) groups is 1. The van der Waals surface area contributed by atoms with Crippen LogP contribution in [-0.2, 0) is 0 Å². The summed E-state index contributed by atoms with van der Waals surface area (Å²) in [4.78, 5) is 25.9. The molecule has 1 heterocycles. The molecule has 0 saturated heterocycles. The third-order valence-corrected chi connectivity index (χ3v) is 5.33. The molecule has 0 saturated carbocycles. The number of aryl methyl sites for hydroxylation is 2. The Morgan fingerprint density at radius 2 is 1.42 bits per heavy atom. The van der Waals surface area contributed by atoms with Crippen molar-refractivity contribution in [2.45, 2.75) is 13.8 Å². The quantitative estimate of drug-likeness (QED) is 0.378. The van der Waals surface area contributed by atoms with Gasteiger partial charge in [0, 0.05) is 0 Å². The van der Waals surface area contributed by atoms with Gasteiger partial charge in [-0.25, -0.2) is 9.18 Å². The van der Waals surface area contributed by atoms with Crippen LogP contribution in [0.3, 0.4) is 0 Å². The van der Waals surface area contributed by atoms with E-state index in [1.807, 2.05) is 0 Å². The molecule has 0 bridgehead atoms. The van der Waals surface area contributed by atoms with Crippen molar-refractivity contribution in [3.05, 3.63) is 87.7 Å². The van der Waals surface area contributed by atoms with Gasteiger partial charge in [0.15, 0.2) is 16.9 Å². The molecule has 33 heavy (non-hydrogen) atoms. The fourth-order valence-corrected chi connectivity index (χ4v) is 3.75. The zero-order valence-electron chi connectivity index (χ0n) is 18.5. The van der Waals surface area contributed by atoms with Crippen LogP contribution in [0, 0.1) is 19.7 Å². The van der Waals surface area contributed by atoms with Crippen molar-refractivity contribution in [2.75, 3.05) is 14.2 Å². The van der Waals surface area contributed by atoms with Gasteiger partial charge in [-0.15, -0.1) is 0 Å². The van der Waals surface area contributed by atoms with E-state index in [0.717, 1.165) is 0 Å². The number of hydrogen-bond donors (Lipinski definition) is 0. The van der Waals surface area contributed by atoms with Gasteiger partial charge in [0.2, 0.25) is 0 Å². The third kappa shape index (κ3) is 4.17. The Kier molecular flexibility index (Phi) is 5.87. The molecule has 3 aromatic carbocycles. The van der Waals surface area contributed by atoms with Gasteiger partial charge < -0.3 is 18.6 Å². The summed E-state index contributed by atoms with van der Waals surface area (Å²) in [7, 11) is 3.05. The predicted octanol–water partition coefficient (Wildman–Crippen LogP) is 5.45. The molecule has 4 aromatic rings. The highest BCUT2D eigenvalue weighted by atomic mass is 19.1. The monoisotopic (exact) mass is 448 g/mol. The second kappa shape index (κ2) is 8.78. The summed E-state index contributed by atoms with van der Waals surface area (Å²) in [6.07, 6.45) is 0. The van der Waals surface area contributed by atoms with Crippen LogP contribution in [0.15, 0.2) is 63.8 Å². The van der Waals surface area contributed by atoms with Gasteiger partial charge in [0.25, 0.3) is 0 Å². The average Bonchev–Trinajstić information content (AvgIpc) is 3.02. The van der Waals surface area contributed by atoms with Crippen LogP contribution in [0.1, 0.15) is 21.9 Å². The van der Waals surface area contributed by atoms with E-state index in [-0.39, 0.29) is 16.7 Å². The zero-order chi connectivity index (χ0) is 23.7. The topological polar surface area (TPSA) is 75.0 Å². The highest BCUT2D eigenvalue weighted by Gasteiger charge is 2.19. The number of benzene rings is 2. The predicted molar refractivity (Wildman–Crippen MR) is 122 cm³/mol. The van der Waals surface area contributed by atoms with E-state index in [2.05, 4.69) is 0 Å². The maximum Gasteiger partial charge on any atom is 0.343 e. The van der Waals surface area contributed by atoms with Gasteiger partial charge in [-0.2, -0.15) is 0 Å². The lowest BCUT2D eigenvalue weighted by atomic mass is 10.1. The maximum absolute atomic E-state index is 13.3. The second-order valence-corrected chi connectivity index (χ2v) is 7.40. The number of carbonyl (C=O) groups excluding carboxylic acids is 1. The summed E-state index contributed by atoms with van der Waals surface area (Å²) in [6, 6.07) is 13.3. The Balaban J connectivity index is 1.93. The number of ether oxygens (including phenoxy) is 3. The summed E-state index contributed by atoms with van der Waals surface area (Å²) >= 11 is 0. The number of halogens is 1. The number of fused-ring (bicyclic) bond motifs is 1. The van der Waals surface area contributed by atoms with Crippen molar-refractivity contribution in [3.8, 4) is 28.4 Å². The van der Waals surface area contributed by atoms with Gasteiger partial charge in [-0.1, -0.05) is 6.07 Å². The molecule has 0 radical (unpaired) electrons. The number of esters is 1. The van der Waals surface area contributed by atoms with Gasteiger partial charge >= 0.3 is 5.97 Å². The number of rotatable bonds is 5. The van der Waals surface area contributed by atoms with Crippen molar-refractivity contribution < 1.29 is 27.8 Å². The summed E-state index contributed by atoms with van der Waals surface area (Å²) in [6.45, 7) is 3.37. The fraction of sp³-hybridized carbons (Fsp3) is 0.154. The standard InChI is InChI=1S/C26H21FO6/c1-14-24-20(28)11-18(17-7-10-21(30-3)22(12-17)31-4)13-23(25(24)15(2)32-14)33-26(29)16-5-8-19(27)9-6-16/h5-13H,1-4H3. The lowest BCUT2D eigenvalue weighted by Gasteiger charge is -2.10. The van der Waals surface area contributed by atoms with Crippen LogP contribution in [-0.4, -0.2) is 20.2 Å². The Hall–Kier alpha value is -4.13. The van der Waals surface area contributed by atoms with Crippen LogP contribution < -0.4 is 19.6 Å². The highest BCUT2D eigenvalue weighted by Crippen LogP contribution is 2.36. The Bertz CT molecular complexity index is 1420. The molecule has 0 aliphatic rings.